The molecule has 2 heterocycles. The number of hydrogen-bond donors (Lipinski definition) is 1. The Labute approximate surface area is 136 Å². The summed E-state index contributed by atoms with van der Waals surface area (Å²) in [4.78, 5) is 0. The highest BCUT2D eigenvalue weighted by atomic mass is 35.9. The quantitative estimate of drug-likeness (QED) is 0.533. The minimum atomic E-state index is -3.25. The minimum Gasteiger partial charge on any atom is -0.383 e. The molecule has 0 aromatic carbocycles. The number of hydrogen-bond acceptors (Lipinski definition) is 4. The number of methoxy groups -OCH3 is 1. The fraction of sp³-hybridized carbons (Fsp3) is 1.00. The molecule has 0 amide bonds. The van der Waals surface area contributed by atoms with Crippen LogP contribution in [0.15, 0.2) is 0 Å². The van der Waals surface area contributed by atoms with Crippen LogP contribution in [0.4, 0.5) is 0 Å². The molecule has 0 saturated carbocycles. The maximum atomic E-state index is 11.9. The lowest BCUT2D eigenvalue weighted by Crippen LogP contribution is -2.33. The molecule has 1 N–H and O–H groups in total. The number of nitrogens with zero attached hydrogens (tertiary/aromatic N) is 1. The Morgan fingerprint density at radius 3 is 2.76 bits per heavy atom. The molecule has 5 nitrogen and oxygen atoms in total. The van der Waals surface area contributed by atoms with Gasteiger partial charge in [0.2, 0.25) is 0 Å². The van der Waals surface area contributed by atoms with E-state index in [-0.39, 0.29) is 6.04 Å². The van der Waals surface area contributed by atoms with E-state index in [1.165, 1.54) is 12.8 Å². The largest absolute Gasteiger partial charge is 0.383 e. The Hall–Kier alpha value is 0.650. The molecule has 0 spiro atoms. The molecular weight excluding hydrogens is 334 g/mol. The van der Waals surface area contributed by atoms with E-state index >= 15 is 0 Å². The van der Waals surface area contributed by atoms with Crippen LogP contribution in [0.25, 0.3) is 0 Å². The topological polar surface area (TPSA) is 50.8 Å². The summed E-state index contributed by atoms with van der Waals surface area (Å²) in [5, 5.41) is 3.42. The third kappa shape index (κ3) is 5.35. The summed E-state index contributed by atoms with van der Waals surface area (Å²) >= 11 is 11.7. The van der Waals surface area contributed by atoms with Gasteiger partial charge in [0.05, 0.1) is 13.2 Å². The van der Waals surface area contributed by atoms with Crippen LogP contribution in [-0.4, -0.2) is 56.8 Å². The molecule has 8 heteroatoms. The summed E-state index contributed by atoms with van der Waals surface area (Å²) in [7, 11) is 1.64. The molecule has 0 unspecified atom stereocenters. The first-order valence-corrected chi connectivity index (χ1v) is 11.1. The number of rotatable bonds is 8. The van der Waals surface area contributed by atoms with Crippen molar-refractivity contribution in [2.45, 2.75) is 37.8 Å². The first-order chi connectivity index (χ1) is 10.0. The van der Waals surface area contributed by atoms with Gasteiger partial charge in [-0.25, -0.2) is 4.67 Å². The van der Waals surface area contributed by atoms with E-state index in [4.69, 9.17) is 32.0 Å². The SMILES string of the molecule is COC[C@@H]1[C@@H](CCOC[C@@H]2CCCN2)CCN1P(=O)(Cl)Cl. The van der Waals surface area contributed by atoms with E-state index < -0.39 is 6.00 Å². The van der Waals surface area contributed by atoms with Crippen molar-refractivity contribution < 1.29 is 14.0 Å². The van der Waals surface area contributed by atoms with Crippen LogP contribution in [-0.2, 0) is 14.0 Å². The van der Waals surface area contributed by atoms with Crippen molar-refractivity contribution in [3.63, 3.8) is 0 Å². The fourth-order valence-corrected chi connectivity index (χ4v) is 5.35. The van der Waals surface area contributed by atoms with Gasteiger partial charge in [-0.15, -0.1) is 0 Å². The van der Waals surface area contributed by atoms with Gasteiger partial charge in [0.15, 0.2) is 0 Å². The molecule has 21 heavy (non-hydrogen) atoms. The summed E-state index contributed by atoms with van der Waals surface area (Å²) in [6.45, 7) is 3.74. The molecule has 2 saturated heterocycles. The van der Waals surface area contributed by atoms with Gasteiger partial charge < -0.3 is 14.8 Å². The van der Waals surface area contributed by atoms with E-state index in [2.05, 4.69) is 5.32 Å². The van der Waals surface area contributed by atoms with E-state index in [0.29, 0.717) is 31.7 Å². The Kier molecular flexibility index (Phi) is 7.27. The maximum Gasteiger partial charge on any atom is 0.322 e. The predicted octanol–water partition coefficient (Wildman–Crippen LogP) is 3.07. The van der Waals surface area contributed by atoms with Crippen molar-refractivity contribution in [2.24, 2.45) is 5.92 Å². The van der Waals surface area contributed by atoms with Crippen molar-refractivity contribution in [2.75, 3.05) is 40.0 Å². The lowest BCUT2D eigenvalue weighted by atomic mass is 9.98. The molecule has 2 aliphatic heterocycles. The van der Waals surface area contributed by atoms with Crippen LogP contribution in [0.3, 0.4) is 0 Å². The molecule has 2 rings (SSSR count). The zero-order valence-corrected chi connectivity index (χ0v) is 14.9. The molecule has 0 aliphatic carbocycles. The molecular formula is C13H25Cl2N2O3P. The predicted molar refractivity (Wildman–Crippen MR) is 86.3 cm³/mol. The van der Waals surface area contributed by atoms with E-state index in [1.54, 1.807) is 11.8 Å². The third-order valence-electron chi connectivity index (χ3n) is 4.41. The van der Waals surface area contributed by atoms with Crippen LogP contribution in [0.5, 0.6) is 0 Å². The Bertz CT molecular complexity index is 363. The van der Waals surface area contributed by atoms with Crippen LogP contribution in [0.2, 0.25) is 0 Å². The average molecular weight is 359 g/mol. The fourth-order valence-electron chi connectivity index (χ4n) is 3.28. The second kappa shape index (κ2) is 8.49. The van der Waals surface area contributed by atoms with Crippen molar-refractivity contribution >= 4 is 28.5 Å². The zero-order chi connectivity index (χ0) is 15.3. The number of halogens is 2. The van der Waals surface area contributed by atoms with Gasteiger partial charge in [0, 0.05) is 32.3 Å². The number of nitrogens with one attached hydrogen (secondary N) is 1. The molecule has 2 aliphatic rings. The normalized spacial score (nSPS) is 31.1. The van der Waals surface area contributed by atoms with Gasteiger partial charge in [-0.05, 0) is 60.6 Å². The van der Waals surface area contributed by atoms with Gasteiger partial charge in [-0.2, -0.15) is 0 Å². The standard InChI is InChI=1S/C13H25Cl2N2O3P/c1-19-10-13-11(4-7-17(13)21(14,15)18)5-8-20-9-12-3-2-6-16-12/h11-13,16H,2-10H2,1H3/t11-,12+,13-/m1/s1. The Morgan fingerprint density at radius 2 is 2.14 bits per heavy atom. The number of ether oxygens (including phenoxy) is 2. The lowest BCUT2D eigenvalue weighted by molar-refractivity contribution is 0.0861. The van der Waals surface area contributed by atoms with Gasteiger partial charge >= 0.3 is 6.00 Å². The highest BCUT2D eigenvalue weighted by Gasteiger charge is 2.41. The van der Waals surface area contributed by atoms with Crippen LogP contribution in [0.1, 0.15) is 25.7 Å². The average Bonchev–Trinajstić information content (AvgIpc) is 3.04. The first-order valence-electron chi connectivity index (χ1n) is 7.59. The maximum absolute atomic E-state index is 11.9. The van der Waals surface area contributed by atoms with E-state index in [9.17, 15) is 4.57 Å². The summed E-state index contributed by atoms with van der Waals surface area (Å²) in [5.41, 5.74) is 0. The molecule has 3 atom stereocenters. The highest BCUT2D eigenvalue weighted by molar-refractivity contribution is 8.06. The minimum absolute atomic E-state index is 0.0176. The van der Waals surface area contributed by atoms with Gasteiger partial charge in [0.25, 0.3) is 0 Å². The van der Waals surface area contributed by atoms with Crippen molar-refractivity contribution in [3.8, 4) is 0 Å². The van der Waals surface area contributed by atoms with Crippen molar-refractivity contribution in [1.29, 1.82) is 0 Å². The van der Waals surface area contributed by atoms with E-state index in [0.717, 1.165) is 26.0 Å². The van der Waals surface area contributed by atoms with Crippen molar-refractivity contribution in [1.82, 2.24) is 9.99 Å². The van der Waals surface area contributed by atoms with E-state index in [1.807, 2.05) is 0 Å². The molecule has 0 aromatic heterocycles. The molecule has 0 aromatic rings. The van der Waals surface area contributed by atoms with Crippen LogP contribution >= 0.6 is 28.5 Å². The second-order valence-corrected chi connectivity index (χ2v) is 10.5. The Balaban J connectivity index is 1.74. The second-order valence-electron chi connectivity index (χ2n) is 5.83. The van der Waals surface area contributed by atoms with Crippen LogP contribution < -0.4 is 5.32 Å². The van der Waals surface area contributed by atoms with Gasteiger partial charge in [-0.3, -0.25) is 4.57 Å². The summed E-state index contributed by atoms with van der Waals surface area (Å²) in [6, 6.07) is 0.523. The Morgan fingerprint density at radius 1 is 1.33 bits per heavy atom. The summed E-state index contributed by atoms with van der Waals surface area (Å²) in [5.74, 6) is -2.88. The van der Waals surface area contributed by atoms with Gasteiger partial charge in [0.1, 0.15) is 0 Å². The lowest BCUT2D eigenvalue weighted by Gasteiger charge is -2.27. The molecule has 2 fully saturated rings. The van der Waals surface area contributed by atoms with Crippen LogP contribution in [0, 0.1) is 5.92 Å². The molecule has 0 radical (unpaired) electrons. The molecule has 124 valence electrons. The van der Waals surface area contributed by atoms with Gasteiger partial charge in [-0.1, -0.05) is 0 Å². The summed E-state index contributed by atoms with van der Waals surface area (Å²) < 4.78 is 24.6. The zero-order valence-electron chi connectivity index (χ0n) is 12.5. The molecule has 0 bridgehead atoms. The summed E-state index contributed by atoms with van der Waals surface area (Å²) in [6.07, 6.45) is 4.29. The first kappa shape index (κ1) is 18.0. The smallest absolute Gasteiger partial charge is 0.322 e. The van der Waals surface area contributed by atoms with Crippen molar-refractivity contribution in [3.05, 3.63) is 0 Å². The third-order valence-corrected chi connectivity index (χ3v) is 6.67. The monoisotopic (exact) mass is 358 g/mol. The highest BCUT2D eigenvalue weighted by Crippen LogP contribution is 2.63.